The van der Waals surface area contributed by atoms with Gasteiger partial charge in [-0.15, -0.1) is 0 Å². The second-order valence-corrected chi connectivity index (χ2v) is 9.07. The van der Waals surface area contributed by atoms with E-state index in [-0.39, 0.29) is 12.3 Å². The van der Waals surface area contributed by atoms with E-state index in [4.69, 9.17) is 4.74 Å². The largest absolute Gasteiger partial charge is 0.379 e. The molecule has 2 saturated carbocycles. The Kier molecular flexibility index (Phi) is 8.45. The first-order valence-electron chi connectivity index (χ1n) is 9.54. The molecule has 8 heteroatoms. The Morgan fingerprint density at radius 3 is 2.60 bits per heavy atom. The third-order valence-electron chi connectivity index (χ3n) is 4.76. The van der Waals surface area contributed by atoms with Crippen LogP contribution in [0.25, 0.3) is 0 Å². The summed E-state index contributed by atoms with van der Waals surface area (Å²) < 4.78 is 32.4. The number of hydrogen-bond donors (Lipinski definition) is 2. The molecule has 2 aliphatic carbocycles. The lowest BCUT2D eigenvalue weighted by Crippen LogP contribution is -2.41. The Morgan fingerprint density at radius 1 is 1.24 bits per heavy atom. The Labute approximate surface area is 152 Å². The first-order chi connectivity index (χ1) is 12.0. The van der Waals surface area contributed by atoms with E-state index in [0.717, 1.165) is 44.4 Å². The Hall–Kier alpha value is -0.860. The van der Waals surface area contributed by atoms with Gasteiger partial charge in [-0.1, -0.05) is 6.42 Å². The zero-order valence-electron chi connectivity index (χ0n) is 15.7. The molecule has 0 unspecified atom stereocenters. The van der Waals surface area contributed by atoms with Crippen LogP contribution in [0.4, 0.5) is 0 Å². The highest BCUT2D eigenvalue weighted by Gasteiger charge is 2.21. The molecular formula is C17H34N4O3S. The van der Waals surface area contributed by atoms with Crippen LogP contribution in [-0.4, -0.2) is 71.5 Å². The van der Waals surface area contributed by atoms with Gasteiger partial charge in [-0.05, 0) is 44.4 Å². The zero-order valence-corrected chi connectivity index (χ0v) is 16.5. The van der Waals surface area contributed by atoms with Crippen LogP contribution >= 0.6 is 0 Å². The molecule has 0 aromatic heterocycles. The van der Waals surface area contributed by atoms with Crippen molar-refractivity contribution in [3.63, 3.8) is 0 Å². The summed E-state index contributed by atoms with van der Waals surface area (Å²) in [7, 11) is -1.29. The van der Waals surface area contributed by atoms with Gasteiger partial charge < -0.3 is 15.0 Å². The number of likely N-dealkylation sites (N-methyl/N-ethyl adjacent to an activating group) is 1. The van der Waals surface area contributed by atoms with Crippen LogP contribution < -0.4 is 10.0 Å². The standard InChI is InChI=1S/C17H34N4O3S/c1-3-18-17(21(2)10-11-24-14-16-7-8-16)19-9-12-25(22,23)20-13-15-5-4-6-15/h15-16,20H,3-14H2,1-2H3,(H,18,19). The van der Waals surface area contributed by atoms with Crippen molar-refractivity contribution >= 4 is 16.0 Å². The van der Waals surface area contributed by atoms with E-state index in [0.29, 0.717) is 19.1 Å². The topological polar surface area (TPSA) is 83.0 Å². The maximum Gasteiger partial charge on any atom is 0.213 e. The van der Waals surface area contributed by atoms with Crippen molar-refractivity contribution < 1.29 is 13.2 Å². The third-order valence-corrected chi connectivity index (χ3v) is 6.08. The number of rotatable bonds is 12. The Bertz CT molecular complexity index is 516. The summed E-state index contributed by atoms with van der Waals surface area (Å²) in [5.74, 6) is 2.05. The van der Waals surface area contributed by atoms with E-state index in [1.54, 1.807) is 0 Å². The molecule has 2 rings (SSSR count). The highest BCUT2D eigenvalue weighted by Crippen LogP contribution is 2.28. The lowest BCUT2D eigenvalue weighted by molar-refractivity contribution is 0.115. The lowest BCUT2D eigenvalue weighted by atomic mass is 9.86. The first kappa shape index (κ1) is 20.5. The predicted molar refractivity (Wildman–Crippen MR) is 101 cm³/mol. The minimum absolute atomic E-state index is 0.0284. The molecule has 2 fully saturated rings. The third kappa shape index (κ3) is 8.37. The average molecular weight is 375 g/mol. The normalized spacial score (nSPS) is 18.9. The zero-order chi connectivity index (χ0) is 18.1. The molecule has 0 spiro atoms. The highest BCUT2D eigenvalue weighted by atomic mass is 32.2. The first-order valence-corrected chi connectivity index (χ1v) is 11.2. The van der Waals surface area contributed by atoms with Crippen LogP contribution in [0.3, 0.4) is 0 Å². The van der Waals surface area contributed by atoms with Gasteiger partial charge in [0.15, 0.2) is 5.96 Å². The number of nitrogens with zero attached hydrogens (tertiary/aromatic N) is 2. The number of aliphatic imine (C=N–C) groups is 1. The molecule has 0 saturated heterocycles. The van der Waals surface area contributed by atoms with E-state index in [9.17, 15) is 8.42 Å². The molecular weight excluding hydrogens is 340 g/mol. The fourth-order valence-electron chi connectivity index (χ4n) is 2.60. The molecule has 0 radical (unpaired) electrons. The van der Waals surface area contributed by atoms with E-state index in [1.807, 2.05) is 18.9 Å². The molecule has 7 nitrogen and oxygen atoms in total. The van der Waals surface area contributed by atoms with Crippen LogP contribution in [0.1, 0.15) is 39.0 Å². The SMILES string of the molecule is CCNC(=NCCS(=O)(=O)NCC1CCC1)N(C)CCOCC1CC1. The molecule has 0 heterocycles. The quantitative estimate of drug-likeness (QED) is 0.303. The Balaban J connectivity index is 1.68. The van der Waals surface area contributed by atoms with Gasteiger partial charge in [-0.25, -0.2) is 13.1 Å². The van der Waals surface area contributed by atoms with Crippen molar-refractivity contribution in [1.29, 1.82) is 0 Å². The molecule has 0 aliphatic heterocycles. The summed E-state index contributed by atoms with van der Waals surface area (Å²) >= 11 is 0. The van der Waals surface area contributed by atoms with Crippen LogP contribution in [0.5, 0.6) is 0 Å². The van der Waals surface area contributed by atoms with Crippen molar-refractivity contribution in [3.05, 3.63) is 0 Å². The predicted octanol–water partition coefficient (Wildman–Crippen LogP) is 1.03. The monoisotopic (exact) mass is 374 g/mol. The number of guanidine groups is 1. The van der Waals surface area contributed by atoms with Gasteiger partial charge in [0.2, 0.25) is 10.0 Å². The average Bonchev–Trinajstić information content (AvgIpc) is 3.33. The highest BCUT2D eigenvalue weighted by molar-refractivity contribution is 7.89. The number of ether oxygens (including phenoxy) is 1. The minimum atomic E-state index is -3.24. The summed E-state index contributed by atoms with van der Waals surface area (Å²) in [6.07, 6.45) is 6.09. The van der Waals surface area contributed by atoms with Gasteiger partial charge in [0.25, 0.3) is 0 Å². The number of nitrogens with one attached hydrogen (secondary N) is 2. The Morgan fingerprint density at radius 2 is 2.00 bits per heavy atom. The molecule has 2 N–H and O–H groups in total. The van der Waals surface area contributed by atoms with Gasteiger partial charge in [0.1, 0.15) is 0 Å². The van der Waals surface area contributed by atoms with Crippen LogP contribution in [0.15, 0.2) is 4.99 Å². The second kappa shape index (κ2) is 10.3. The van der Waals surface area contributed by atoms with Gasteiger partial charge in [-0.3, -0.25) is 4.99 Å². The van der Waals surface area contributed by atoms with Crippen molar-refractivity contribution in [2.75, 3.05) is 52.2 Å². The van der Waals surface area contributed by atoms with Crippen molar-refractivity contribution in [1.82, 2.24) is 14.9 Å². The summed E-state index contributed by atoms with van der Waals surface area (Å²) in [6, 6.07) is 0. The molecule has 146 valence electrons. The van der Waals surface area contributed by atoms with Crippen molar-refractivity contribution in [3.8, 4) is 0 Å². The van der Waals surface area contributed by atoms with Crippen molar-refractivity contribution in [2.24, 2.45) is 16.8 Å². The van der Waals surface area contributed by atoms with E-state index < -0.39 is 10.0 Å². The molecule has 0 atom stereocenters. The summed E-state index contributed by atoms with van der Waals surface area (Å²) in [4.78, 5) is 6.43. The van der Waals surface area contributed by atoms with Gasteiger partial charge in [0, 0.05) is 33.3 Å². The van der Waals surface area contributed by atoms with Crippen LogP contribution in [0, 0.1) is 11.8 Å². The fourth-order valence-corrected chi connectivity index (χ4v) is 3.56. The number of sulfonamides is 1. The maximum atomic E-state index is 12.0. The molecule has 0 amide bonds. The molecule has 2 aliphatic rings. The number of hydrogen-bond acceptors (Lipinski definition) is 4. The van der Waals surface area contributed by atoms with Crippen molar-refractivity contribution in [2.45, 2.75) is 39.0 Å². The molecule has 25 heavy (non-hydrogen) atoms. The minimum Gasteiger partial charge on any atom is -0.379 e. The summed E-state index contributed by atoms with van der Waals surface area (Å²) in [5.41, 5.74) is 0. The van der Waals surface area contributed by atoms with E-state index in [2.05, 4.69) is 15.0 Å². The van der Waals surface area contributed by atoms with E-state index >= 15 is 0 Å². The van der Waals surface area contributed by atoms with Gasteiger partial charge >= 0.3 is 0 Å². The molecule has 0 bridgehead atoms. The maximum absolute atomic E-state index is 12.0. The smallest absolute Gasteiger partial charge is 0.213 e. The fraction of sp³-hybridized carbons (Fsp3) is 0.941. The second-order valence-electron chi connectivity index (χ2n) is 7.14. The van der Waals surface area contributed by atoms with Gasteiger partial charge in [-0.2, -0.15) is 0 Å². The van der Waals surface area contributed by atoms with Gasteiger partial charge in [0.05, 0.1) is 18.9 Å². The summed E-state index contributed by atoms with van der Waals surface area (Å²) in [5, 5.41) is 3.20. The molecule has 0 aromatic carbocycles. The van der Waals surface area contributed by atoms with Crippen LogP contribution in [0.2, 0.25) is 0 Å². The van der Waals surface area contributed by atoms with Crippen LogP contribution in [-0.2, 0) is 14.8 Å². The summed E-state index contributed by atoms with van der Waals surface area (Å²) in [6.45, 7) is 5.85. The molecule has 0 aromatic rings. The lowest BCUT2D eigenvalue weighted by Gasteiger charge is -2.25. The van der Waals surface area contributed by atoms with E-state index in [1.165, 1.54) is 19.3 Å².